The van der Waals surface area contributed by atoms with E-state index < -0.39 is 0 Å². The number of rotatable bonds is 4. The Balaban J connectivity index is 2.48. The minimum atomic E-state index is -0.330. The Labute approximate surface area is 107 Å². The fourth-order valence-electron chi connectivity index (χ4n) is 2.12. The van der Waals surface area contributed by atoms with E-state index in [1.54, 1.807) is 7.11 Å². The summed E-state index contributed by atoms with van der Waals surface area (Å²) in [5.41, 5.74) is 1.74. The second-order valence-corrected chi connectivity index (χ2v) is 5.13. The van der Waals surface area contributed by atoms with E-state index >= 15 is 0 Å². The van der Waals surface area contributed by atoms with E-state index in [4.69, 9.17) is 14.2 Å². The number of aliphatic hydroxyl groups excluding tert-OH is 1. The molecule has 0 spiro atoms. The van der Waals surface area contributed by atoms with Crippen molar-refractivity contribution in [1.29, 1.82) is 0 Å². The first-order chi connectivity index (χ1) is 8.58. The molecule has 0 atom stereocenters. The van der Waals surface area contributed by atoms with Crippen LogP contribution in [0.2, 0.25) is 0 Å². The fourth-order valence-corrected chi connectivity index (χ4v) is 2.12. The fraction of sp³-hybridized carbons (Fsp3) is 0.571. The summed E-state index contributed by atoms with van der Waals surface area (Å²) in [6.45, 7) is 5.70. The highest BCUT2D eigenvalue weighted by molar-refractivity contribution is 5.50. The first kappa shape index (κ1) is 13.2. The number of aliphatic hydroxyl groups is 1. The number of hydrogen-bond acceptors (Lipinski definition) is 4. The van der Waals surface area contributed by atoms with Crippen LogP contribution >= 0.6 is 0 Å². The lowest BCUT2D eigenvalue weighted by Gasteiger charge is -2.28. The molecule has 100 valence electrons. The van der Waals surface area contributed by atoms with Crippen molar-refractivity contribution in [3.63, 3.8) is 0 Å². The molecule has 1 aliphatic rings. The lowest BCUT2D eigenvalue weighted by atomic mass is 9.82. The molecule has 1 aromatic rings. The van der Waals surface area contributed by atoms with Crippen molar-refractivity contribution >= 4 is 0 Å². The summed E-state index contributed by atoms with van der Waals surface area (Å²) in [6.07, 6.45) is 0. The van der Waals surface area contributed by atoms with Crippen LogP contribution in [0.5, 0.6) is 11.5 Å². The molecule has 4 heteroatoms. The van der Waals surface area contributed by atoms with E-state index in [0.717, 1.165) is 22.6 Å². The van der Waals surface area contributed by atoms with Crippen molar-refractivity contribution in [1.82, 2.24) is 0 Å². The van der Waals surface area contributed by atoms with Gasteiger partial charge in [-0.2, -0.15) is 0 Å². The molecule has 0 saturated carbocycles. The maximum Gasteiger partial charge on any atom is 0.161 e. The van der Waals surface area contributed by atoms with Crippen molar-refractivity contribution in [2.24, 2.45) is 0 Å². The Morgan fingerprint density at radius 2 is 1.83 bits per heavy atom. The highest BCUT2D eigenvalue weighted by Gasteiger charge is 2.26. The monoisotopic (exact) mass is 252 g/mol. The number of hydrogen-bond donors (Lipinski definition) is 1. The molecule has 0 radical (unpaired) electrons. The van der Waals surface area contributed by atoms with Crippen LogP contribution in [-0.4, -0.2) is 32.0 Å². The first-order valence-electron chi connectivity index (χ1n) is 6.11. The van der Waals surface area contributed by atoms with Gasteiger partial charge in [0, 0.05) is 12.5 Å². The maximum atomic E-state index is 9.53. The number of methoxy groups -OCH3 is 1. The SMILES string of the molecule is COCc1cc2c(cc1C(C)(C)CO)OCCO2. The van der Waals surface area contributed by atoms with Crippen molar-refractivity contribution in [3.05, 3.63) is 23.3 Å². The molecule has 0 unspecified atom stereocenters. The smallest absolute Gasteiger partial charge is 0.161 e. The second-order valence-electron chi connectivity index (χ2n) is 5.13. The van der Waals surface area contributed by atoms with Gasteiger partial charge in [-0.25, -0.2) is 0 Å². The van der Waals surface area contributed by atoms with Gasteiger partial charge in [0.1, 0.15) is 13.2 Å². The Bertz CT molecular complexity index is 426. The Kier molecular flexibility index (Phi) is 3.78. The van der Waals surface area contributed by atoms with Gasteiger partial charge in [-0.15, -0.1) is 0 Å². The lowest BCUT2D eigenvalue weighted by Crippen LogP contribution is -2.25. The highest BCUT2D eigenvalue weighted by Crippen LogP contribution is 2.38. The average Bonchev–Trinajstić information content (AvgIpc) is 2.38. The molecule has 1 aliphatic heterocycles. The van der Waals surface area contributed by atoms with Crippen LogP contribution < -0.4 is 9.47 Å². The Morgan fingerprint density at radius 1 is 1.22 bits per heavy atom. The molecule has 0 aliphatic carbocycles. The highest BCUT2D eigenvalue weighted by atomic mass is 16.6. The predicted molar refractivity (Wildman–Crippen MR) is 68.3 cm³/mol. The van der Waals surface area contributed by atoms with Crippen LogP contribution in [0, 0.1) is 0 Å². The summed E-state index contributed by atoms with van der Waals surface area (Å²) in [4.78, 5) is 0. The summed E-state index contributed by atoms with van der Waals surface area (Å²) < 4.78 is 16.4. The largest absolute Gasteiger partial charge is 0.486 e. The van der Waals surface area contributed by atoms with Crippen LogP contribution in [0.25, 0.3) is 0 Å². The van der Waals surface area contributed by atoms with Gasteiger partial charge in [-0.1, -0.05) is 13.8 Å². The first-order valence-corrected chi connectivity index (χ1v) is 6.11. The molecular weight excluding hydrogens is 232 g/mol. The average molecular weight is 252 g/mol. The molecule has 1 N–H and O–H groups in total. The molecule has 0 fully saturated rings. The van der Waals surface area contributed by atoms with Gasteiger partial charge in [0.25, 0.3) is 0 Å². The van der Waals surface area contributed by atoms with Crippen molar-refractivity contribution in [2.75, 3.05) is 26.9 Å². The third-order valence-electron chi connectivity index (χ3n) is 3.19. The van der Waals surface area contributed by atoms with Crippen molar-refractivity contribution in [3.8, 4) is 11.5 Å². The molecule has 4 nitrogen and oxygen atoms in total. The van der Waals surface area contributed by atoms with Gasteiger partial charge in [0.05, 0.1) is 13.2 Å². The zero-order valence-corrected chi connectivity index (χ0v) is 11.2. The minimum Gasteiger partial charge on any atom is -0.486 e. The molecule has 2 rings (SSSR count). The number of benzene rings is 1. The molecule has 0 amide bonds. The minimum absolute atomic E-state index is 0.0728. The van der Waals surface area contributed by atoms with Gasteiger partial charge < -0.3 is 19.3 Å². The van der Waals surface area contributed by atoms with E-state index in [1.807, 2.05) is 26.0 Å². The normalized spacial score (nSPS) is 14.7. The molecule has 1 aromatic carbocycles. The number of fused-ring (bicyclic) bond motifs is 1. The summed E-state index contributed by atoms with van der Waals surface area (Å²) in [5.74, 6) is 1.50. The standard InChI is InChI=1S/C14H20O4/c1-14(2,9-15)11-7-13-12(17-4-5-18-13)6-10(11)8-16-3/h6-7,15H,4-5,8-9H2,1-3H3. The van der Waals surface area contributed by atoms with Crippen LogP contribution in [0.15, 0.2) is 12.1 Å². The third kappa shape index (κ3) is 2.44. The van der Waals surface area contributed by atoms with E-state index in [1.165, 1.54) is 0 Å². The van der Waals surface area contributed by atoms with Crippen LogP contribution in [-0.2, 0) is 16.8 Å². The van der Waals surface area contributed by atoms with E-state index in [0.29, 0.717) is 19.8 Å². The van der Waals surface area contributed by atoms with E-state index in [-0.39, 0.29) is 12.0 Å². The van der Waals surface area contributed by atoms with Gasteiger partial charge in [0.15, 0.2) is 11.5 Å². The van der Waals surface area contributed by atoms with E-state index in [2.05, 4.69) is 0 Å². The maximum absolute atomic E-state index is 9.53. The lowest BCUT2D eigenvalue weighted by molar-refractivity contribution is 0.163. The summed E-state index contributed by atoms with van der Waals surface area (Å²) in [7, 11) is 1.66. The van der Waals surface area contributed by atoms with Gasteiger partial charge in [-0.3, -0.25) is 0 Å². The van der Waals surface area contributed by atoms with Crippen LogP contribution in [0.3, 0.4) is 0 Å². The molecule has 18 heavy (non-hydrogen) atoms. The molecule has 0 aromatic heterocycles. The van der Waals surface area contributed by atoms with E-state index in [9.17, 15) is 5.11 Å². The van der Waals surface area contributed by atoms with Gasteiger partial charge in [-0.05, 0) is 23.3 Å². The topological polar surface area (TPSA) is 47.9 Å². The number of ether oxygens (including phenoxy) is 3. The second kappa shape index (κ2) is 5.16. The third-order valence-corrected chi connectivity index (χ3v) is 3.19. The quantitative estimate of drug-likeness (QED) is 0.888. The van der Waals surface area contributed by atoms with Crippen molar-refractivity contribution < 1.29 is 19.3 Å². The summed E-state index contributed by atoms with van der Waals surface area (Å²) in [6, 6.07) is 3.91. The summed E-state index contributed by atoms with van der Waals surface area (Å²) >= 11 is 0. The molecular formula is C14H20O4. The van der Waals surface area contributed by atoms with Gasteiger partial charge in [0.2, 0.25) is 0 Å². The molecule has 0 bridgehead atoms. The van der Waals surface area contributed by atoms with Crippen LogP contribution in [0.1, 0.15) is 25.0 Å². The molecule has 1 heterocycles. The van der Waals surface area contributed by atoms with Gasteiger partial charge >= 0.3 is 0 Å². The Hall–Kier alpha value is -1.26. The summed E-state index contributed by atoms with van der Waals surface area (Å²) in [5, 5.41) is 9.53. The zero-order chi connectivity index (χ0) is 13.2. The molecule has 0 saturated heterocycles. The Morgan fingerprint density at radius 3 is 2.39 bits per heavy atom. The zero-order valence-electron chi connectivity index (χ0n) is 11.2. The van der Waals surface area contributed by atoms with Crippen molar-refractivity contribution in [2.45, 2.75) is 25.9 Å². The van der Waals surface area contributed by atoms with Crippen LogP contribution in [0.4, 0.5) is 0 Å². The predicted octanol–water partition coefficient (Wildman–Crippen LogP) is 1.87.